The van der Waals surface area contributed by atoms with Crippen molar-refractivity contribution in [2.24, 2.45) is 0 Å². The number of nitrogens with zero attached hydrogens (tertiary/aromatic N) is 1. The fraction of sp³-hybridized carbons (Fsp3) is 0.286. The third-order valence-electron chi connectivity index (χ3n) is 3.31. The molecule has 0 saturated carbocycles. The Morgan fingerprint density at radius 2 is 2.26 bits per heavy atom. The molecule has 1 aromatic heterocycles. The molecule has 19 heavy (non-hydrogen) atoms. The van der Waals surface area contributed by atoms with E-state index in [-0.39, 0.29) is 17.3 Å². The number of carbonyl (C=O) groups is 1. The first-order valence-corrected chi connectivity index (χ1v) is 7.41. The number of carbonyl (C=O) groups excluding carboxylic acids is 1. The van der Waals surface area contributed by atoms with E-state index in [0.717, 1.165) is 17.0 Å². The number of aryl methyl sites for hydroxylation is 1. The van der Waals surface area contributed by atoms with Crippen LogP contribution in [0.4, 0.5) is 0 Å². The number of alkyl halides is 1. The molecule has 1 N–H and O–H groups in total. The Kier molecular flexibility index (Phi) is 3.29. The number of amides is 1. The van der Waals surface area contributed by atoms with Gasteiger partial charge in [-0.25, -0.2) is 4.98 Å². The van der Waals surface area contributed by atoms with Crippen molar-refractivity contribution in [3.05, 3.63) is 51.5 Å². The van der Waals surface area contributed by atoms with Gasteiger partial charge in [0.1, 0.15) is 5.69 Å². The van der Waals surface area contributed by atoms with Crippen LogP contribution >= 0.6 is 22.9 Å². The van der Waals surface area contributed by atoms with Crippen molar-refractivity contribution in [3.63, 3.8) is 0 Å². The van der Waals surface area contributed by atoms with Gasteiger partial charge in [-0.05, 0) is 24.5 Å². The first-order valence-electron chi connectivity index (χ1n) is 6.10. The van der Waals surface area contributed by atoms with Crippen LogP contribution in [0.3, 0.4) is 0 Å². The van der Waals surface area contributed by atoms with Gasteiger partial charge in [0, 0.05) is 5.38 Å². The van der Waals surface area contributed by atoms with Crippen molar-refractivity contribution in [1.29, 1.82) is 0 Å². The lowest BCUT2D eigenvalue weighted by Gasteiger charge is -2.16. The maximum atomic E-state index is 12.1. The molecular formula is C14H13ClN2OS. The minimum atomic E-state index is -0.156. The van der Waals surface area contributed by atoms with E-state index >= 15 is 0 Å². The van der Waals surface area contributed by atoms with Crippen LogP contribution < -0.4 is 5.32 Å². The van der Waals surface area contributed by atoms with Gasteiger partial charge in [-0.15, -0.1) is 22.9 Å². The molecular weight excluding hydrogens is 280 g/mol. The second kappa shape index (κ2) is 4.94. The molecule has 1 heterocycles. The third-order valence-corrected chi connectivity index (χ3v) is 4.48. The number of halogens is 1. The molecule has 3 nitrogen and oxygen atoms in total. The zero-order chi connectivity index (χ0) is 13.4. The summed E-state index contributed by atoms with van der Waals surface area (Å²) < 4.78 is 0. The van der Waals surface area contributed by atoms with Crippen molar-refractivity contribution < 1.29 is 4.79 Å². The molecule has 2 unspecified atom stereocenters. The van der Waals surface area contributed by atoms with Crippen LogP contribution in [0.5, 0.6) is 0 Å². The summed E-state index contributed by atoms with van der Waals surface area (Å²) in [6.45, 7) is 1.89. The van der Waals surface area contributed by atoms with Crippen LogP contribution in [-0.2, 0) is 6.42 Å². The monoisotopic (exact) mass is 292 g/mol. The van der Waals surface area contributed by atoms with E-state index in [9.17, 15) is 4.79 Å². The molecule has 0 aliphatic heterocycles. The van der Waals surface area contributed by atoms with Gasteiger partial charge in [-0.2, -0.15) is 0 Å². The Balaban J connectivity index is 1.82. The van der Waals surface area contributed by atoms with Gasteiger partial charge in [0.2, 0.25) is 0 Å². The Morgan fingerprint density at radius 3 is 3.00 bits per heavy atom. The predicted octanol–water partition coefficient (Wildman–Crippen LogP) is 3.09. The summed E-state index contributed by atoms with van der Waals surface area (Å²) in [5.74, 6) is -0.156. The van der Waals surface area contributed by atoms with Gasteiger partial charge in [-0.3, -0.25) is 4.79 Å². The highest BCUT2D eigenvalue weighted by molar-refractivity contribution is 7.09. The van der Waals surface area contributed by atoms with Crippen molar-refractivity contribution >= 4 is 28.8 Å². The second-order valence-corrected chi connectivity index (χ2v) is 6.24. The number of aromatic nitrogens is 1. The standard InChI is InChI=1S/C14H13ClN2OS/c1-8-16-12(7-19-8)14(18)17-13-10-5-3-2-4-9(10)6-11(13)15/h2-5,7,11,13H,6H2,1H3,(H,17,18). The maximum Gasteiger partial charge on any atom is 0.271 e. The lowest BCUT2D eigenvalue weighted by atomic mass is 10.1. The average Bonchev–Trinajstić information content (AvgIpc) is 2.95. The predicted molar refractivity (Wildman–Crippen MR) is 76.8 cm³/mol. The molecule has 1 aliphatic rings. The molecule has 0 radical (unpaired) electrons. The number of hydrogen-bond acceptors (Lipinski definition) is 3. The van der Waals surface area contributed by atoms with E-state index in [4.69, 9.17) is 11.6 Å². The molecule has 1 aromatic carbocycles. The van der Waals surface area contributed by atoms with E-state index in [0.29, 0.717) is 5.69 Å². The Morgan fingerprint density at radius 1 is 1.47 bits per heavy atom. The Hall–Kier alpha value is -1.39. The SMILES string of the molecule is Cc1nc(C(=O)NC2c3ccccc3CC2Cl)cs1. The average molecular weight is 293 g/mol. The fourth-order valence-electron chi connectivity index (χ4n) is 2.40. The number of hydrogen-bond donors (Lipinski definition) is 1. The van der Waals surface area contributed by atoms with E-state index in [1.165, 1.54) is 16.9 Å². The van der Waals surface area contributed by atoms with E-state index < -0.39 is 0 Å². The molecule has 0 saturated heterocycles. The zero-order valence-electron chi connectivity index (χ0n) is 10.4. The minimum absolute atomic E-state index is 0.0962. The van der Waals surface area contributed by atoms with Crippen molar-refractivity contribution in [2.45, 2.75) is 24.8 Å². The van der Waals surface area contributed by atoms with Gasteiger partial charge in [0.15, 0.2) is 0 Å². The van der Waals surface area contributed by atoms with Gasteiger partial charge in [-0.1, -0.05) is 24.3 Å². The van der Waals surface area contributed by atoms with E-state index in [1.807, 2.05) is 25.1 Å². The summed E-state index contributed by atoms with van der Waals surface area (Å²) in [5.41, 5.74) is 2.79. The molecule has 2 atom stereocenters. The highest BCUT2D eigenvalue weighted by Crippen LogP contribution is 2.34. The number of fused-ring (bicyclic) bond motifs is 1. The smallest absolute Gasteiger partial charge is 0.271 e. The van der Waals surface area contributed by atoms with Crippen LogP contribution in [0.2, 0.25) is 0 Å². The largest absolute Gasteiger partial charge is 0.342 e. The first-order chi connectivity index (χ1) is 9.15. The topological polar surface area (TPSA) is 42.0 Å². The Bertz CT molecular complexity index is 625. The van der Waals surface area contributed by atoms with Crippen LogP contribution in [0.1, 0.15) is 32.7 Å². The molecule has 3 rings (SSSR count). The highest BCUT2D eigenvalue weighted by Gasteiger charge is 2.32. The number of rotatable bonds is 2. The van der Waals surface area contributed by atoms with Gasteiger partial charge in [0.25, 0.3) is 5.91 Å². The van der Waals surface area contributed by atoms with Gasteiger partial charge in [0.05, 0.1) is 16.4 Å². The van der Waals surface area contributed by atoms with E-state index in [1.54, 1.807) is 5.38 Å². The molecule has 0 fully saturated rings. The number of thiazole rings is 1. The third kappa shape index (κ3) is 2.38. The van der Waals surface area contributed by atoms with Crippen LogP contribution in [-0.4, -0.2) is 16.3 Å². The molecule has 0 bridgehead atoms. The van der Waals surface area contributed by atoms with Crippen LogP contribution in [0, 0.1) is 6.92 Å². The van der Waals surface area contributed by atoms with Crippen molar-refractivity contribution in [1.82, 2.24) is 10.3 Å². The number of benzene rings is 1. The lowest BCUT2D eigenvalue weighted by Crippen LogP contribution is -2.32. The molecule has 1 aliphatic carbocycles. The summed E-state index contributed by atoms with van der Waals surface area (Å²) in [4.78, 5) is 16.3. The molecule has 98 valence electrons. The highest BCUT2D eigenvalue weighted by atomic mass is 35.5. The molecule has 1 amide bonds. The van der Waals surface area contributed by atoms with Crippen LogP contribution in [0.15, 0.2) is 29.6 Å². The summed E-state index contributed by atoms with van der Waals surface area (Å²) in [6.07, 6.45) is 0.790. The molecule has 2 aromatic rings. The minimum Gasteiger partial charge on any atom is -0.342 e. The molecule has 5 heteroatoms. The van der Waals surface area contributed by atoms with E-state index in [2.05, 4.69) is 16.4 Å². The fourth-order valence-corrected chi connectivity index (χ4v) is 3.36. The summed E-state index contributed by atoms with van der Waals surface area (Å²) in [5, 5.41) is 5.55. The Labute approximate surface area is 120 Å². The zero-order valence-corrected chi connectivity index (χ0v) is 12.0. The van der Waals surface area contributed by atoms with Gasteiger partial charge >= 0.3 is 0 Å². The summed E-state index contributed by atoms with van der Waals surface area (Å²) in [7, 11) is 0. The normalized spacial score (nSPS) is 21.2. The maximum absolute atomic E-state index is 12.1. The van der Waals surface area contributed by atoms with Crippen LogP contribution in [0.25, 0.3) is 0 Å². The quantitative estimate of drug-likeness (QED) is 0.864. The molecule has 0 spiro atoms. The number of nitrogens with one attached hydrogen (secondary N) is 1. The summed E-state index contributed by atoms with van der Waals surface area (Å²) >= 11 is 7.82. The van der Waals surface area contributed by atoms with Crippen molar-refractivity contribution in [2.75, 3.05) is 0 Å². The summed E-state index contributed by atoms with van der Waals surface area (Å²) in [6, 6.07) is 7.92. The lowest BCUT2D eigenvalue weighted by molar-refractivity contribution is 0.0933. The second-order valence-electron chi connectivity index (χ2n) is 4.62. The van der Waals surface area contributed by atoms with Crippen molar-refractivity contribution in [3.8, 4) is 0 Å². The van der Waals surface area contributed by atoms with Gasteiger partial charge < -0.3 is 5.32 Å². The first kappa shape index (κ1) is 12.6.